The minimum Gasteiger partial charge on any atom is -0.382 e. The molecule has 0 radical (unpaired) electrons. The molecule has 4 heteroatoms. The van der Waals surface area contributed by atoms with Gasteiger partial charge in [0.15, 0.2) is 0 Å². The second-order valence-corrected chi connectivity index (χ2v) is 4.61. The Hall–Kier alpha value is -0.160. The zero-order valence-electron chi connectivity index (χ0n) is 10.8. The van der Waals surface area contributed by atoms with Gasteiger partial charge >= 0.3 is 0 Å². The maximum atomic E-state index is 6.07. The van der Waals surface area contributed by atoms with Gasteiger partial charge in [-0.3, -0.25) is 4.90 Å². The van der Waals surface area contributed by atoms with Crippen LogP contribution < -0.4 is 5.73 Å². The Bertz CT molecular complexity index is 190. The van der Waals surface area contributed by atoms with Crippen LogP contribution in [0, 0.1) is 0 Å². The molecule has 3 atom stereocenters. The first kappa shape index (κ1) is 13.9. The molecular weight excluding hydrogens is 204 g/mol. The summed E-state index contributed by atoms with van der Waals surface area (Å²) in [6.45, 7) is 7.83. The van der Waals surface area contributed by atoms with Crippen LogP contribution in [0.3, 0.4) is 0 Å². The standard InChI is InChI=1S/C12H26N2O2/c1-4-10(2)14-6-5-11(13)12(9-14)16-8-7-15-3/h10-12H,4-9,13H2,1-3H3/t10?,11-,12-/m1/s1. The third-order valence-electron chi connectivity index (χ3n) is 3.48. The molecule has 1 heterocycles. The topological polar surface area (TPSA) is 47.7 Å². The Balaban J connectivity index is 2.35. The molecule has 1 saturated heterocycles. The number of piperidine rings is 1. The molecule has 1 aliphatic rings. The molecule has 2 N–H and O–H groups in total. The molecule has 1 unspecified atom stereocenters. The second-order valence-electron chi connectivity index (χ2n) is 4.61. The highest BCUT2D eigenvalue weighted by atomic mass is 16.5. The van der Waals surface area contributed by atoms with Gasteiger partial charge in [-0.15, -0.1) is 0 Å². The number of methoxy groups -OCH3 is 1. The molecule has 0 spiro atoms. The molecule has 0 aromatic rings. The lowest BCUT2D eigenvalue weighted by atomic mass is 10.0. The molecular formula is C12H26N2O2. The molecule has 4 nitrogen and oxygen atoms in total. The highest BCUT2D eigenvalue weighted by Crippen LogP contribution is 2.16. The molecule has 0 amide bonds. The fraction of sp³-hybridized carbons (Fsp3) is 1.00. The van der Waals surface area contributed by atoms with Gasteiger partial charge in [0.05, 0.1) is 19.3 Å². The minimum absolute atomic E-state index is 0.165. The number of likely N-dealkylation sites (tertiary alicyclic amines) is 1. The Kier molecular flexibility index (Phi) is 6.28. The maximum absolute atomic E-state index is 6.07. The zero-order valence-corrected chi connectivity index (χ0v) is 10.8. The number of hydrogen-bond donors (Lipinski definition) is 1. The van der Waals surface area contributed by atoms with E-state index in [-0.39, 0.29) is 12.1 Å². The molecule has 96 valence electrons. The number of nitrogens with two attached hydrogens (primary N) is 1. The van der Waals surface area contributed by atoms with Crippen molar-refractivity contribution in [3.63, 3.8) is 0 Å². The second kappa shape index (κ2) is 7.22. The smallest absolute Gasteiger partial charge is 0.0854 e. The SMILES string of the molecule is CCC(C)N1CC[C@@H](N)[C@H](OCCOC)C1. The van der Waals surface area contributed by atoms with Gasteiger partial charge in [-0.1, -0.05) is 6.92 Å². The monoisotopic (exact) mass is 230 g/mol. The predicted molar refractivity (Wildman–Crippen MR) is 65.5 cm³/mol. The van der Waals surface area contributed by atoms with E-state index in [1.165, 1.54) is 6.42 Å². The predicted octanol–water partition coefficient (Wildman–Crippen LogP) is 0.850. The van der Waals surface area contributed by atoms with Crippen molar-refractivity contribution in [3.8, 4) is 0 Å². The molecule has 0 bridgehead atoms. The Labute approximate surface area is 99.1 Å². The van der Waals surface area contributed by atoms with Crippen molar-refractivity contribution in [2.45, 2.75) is 44.9 Å². The highest BCUT2D eigenvalue weighted by molar-refractivity contribution is 4.85. The summed E-state index contributed by atoms with van der Waals surface area (Å²) >= 11 is 0. The van der Waals surface area contributed by atoms with Gasteiger partial charge in [0.25, 0.3) is 0 Å². The summed E-state index contributed by atoms with van der Waals surface area (Å²) < 4.78 is 10.8. The van der Waals surface area contributed by atoms with E-state index >= 15 is 0 Å². The highest BCUT2D eigenvalue weighted by Gasteiger charge is 2.28. The largest absolute Gasteiger partial charge is 0.382 e. The first-order chi connectivity index (χ1) is 7.69. The number of rotatable bonds is 6. The van der Waals surface area contributed by atoms with Crippen LogP contribution in [0.5, 0.6) is 0 Å². The summed E-state index contributed by atoms with van der Waals surface area (Å²) in [6.07, 6.45) is 2.38. The molecule has 0 aromatic heterocycles. The van der Waals surface area contributed by atoms with E-state index in [4.69, 9.17) is 15.2 Å². The van der Waals surface area contributed by atoms with Crippen molar-refractivity contribution in [2.75, 3.05) is 33.4 Å². The molecule has 16 heavy (non-hydrogen) atoms. The molecule has 0 aromatic carbocycles. The van der Waals surface area contributed by atoms with Crippen molar-refractivity contribution in [2.24, 2.45) is 5.73 Å². The average molecular weight is 230 g/mol. The van der Waals surface area contributed by atoms with Crippen molar-refractivity contribution in [1.82, 2.24) is 4.90 Å². The van der Waals surface area contributed by atoms with Crippen molar-refractivity contribution in [3.05, 3.63) is 0 Å². The summed E-state index contributed by atoms with van der Waals surface area (Å²) in [5, 5.41) is 0. The molecule has 1 aliphatic heterocycles. The van der Waals surface area contributed by atoms with E-state index in [2.05, 4.69) is 18.7 Å². The Morgan fingerprint density at radius 2 is 2.19 bits per heavy atom. The van der Waals surface area contributed by atoms with Crippen molar-refractivity contribution < 1.29 is 9.47 Å². The van der Waals surface area contributed by atoms with Gasteiger partial charge in [-0.05, 0) is 19.8 Å². The lowest BCUT2D eigenvalue weighted by Gasteiger charge is -2.39. The third kappa shape index (κ3) is 4.01. The van der Waals surface area contributed by atoms with Gasteiger partial charge in [0.1, 0.15) is 0 Å². The van der Waals surface area contributed by atoms with E-state index in [1.807, 2.05) is 0 Å². The van der Waals surface area contributed by atoms with E-state index in [0.29, 0.717) is 19.3 Å². The summed E-state index contributed by atoms with van der Waals surface area (Å²) in [7, 11) is 1.69. The van der Waals surface area contributed by atoms with Crippen LogP contribution in [-0.4, -0.2) is 56.5 Å². The fourth-order valence-corrected chi connectivity index (χ4v) is 2.08. The van der Waals surface area contributed by atoms with Gasteiger partial charge in [0, 0.05) is 32.3 Å². The first-order valence-corrected chi connectivity index (χ1v) is 6.29. The normalized spacial score (nSPS) is 29.2. The van der Waals surface area contributed by atoms with Gasteiger partial charge in [-0.2, -0.15) is 0 Å². The number of hydrogen-bond acceptors (Lipinski definition) is 4. The van der Waals surface area contributed by atoms with Crippen LogP contribution in [0.2, 0.25) is 0 Å². The molecule has 0 saturated carbocycles. The van der Waals surface area contributed by atoms with Crippen molar-refractivity contribution in [1.29, 1.82) is 0 Å². The van der Waals surface area contributed by atoms with Gasteiger partial charge < -0.3 is 15.2 Å². The minimum atomic E-state index is 0.165. The summed E-state index contributed by atoms with van der Waals surface area (Å²) in [4.78, 5) is 2.47. The van der Waals surface area contributed by atoms with E-state index in [0.717, 1.165) is 19.5 Å². The maximum Gasteiger partial charge on any atom is 0.0854 e. The summed E-state index contributed by atoms with van der Waals surface area (Å²) in [5.41, 5.74) is 6.07. The lowest BCUT2D eigenvalue weighted by Crippen LogP contribution is -2.54. The van der Waals surface area contributed by atoms with Crippen LogP contribution >= 0.6 is 0 Å². The third-order valence-corrected chi connectivity index (χ3v) is 3.48. The van der Waals surface area contributed by atoms with E-state index in [9.17, 15) is 0 Å². The van der Waals surface area contributed by atoms with Crippen LogP contribution in [0.25, 0.3) is 0 Å². The Morgan fingerprint density at radius 1 is 1.44 bits per heavy atom. The van der Waals surface area contributed by atoms with Crippen LogP contribution in [0.4, 0.5) is 0 Å². The molecule has 1 fully saturated rings. The average Bonchev–Trinajstić information content (AvgIpc) is 2.31. The summed E-state index contributed by atoms with van der Waals surface area (Å²) in [5.74, 6) is 0. The van der Waals surface area contributed by atoms with E-state index < -0.39 is 0 Å². The summed E-state index contributed by atoms with van der Waals surface area (Å²) in [6, 6.07) is 0.804. The quantitative estimate of drug-likeness (QED) is 0.687. The van der Waals surface area contributed by atoms with Gasteiger partial charge in [-0.25, -0.2) is 0 Å². The number of ether oxygens (including phenoxy) is 2. The van der Waals surface area contributed by atoms with Crippen molar-refractivity contribution >= 4 is 0 Å². The van der Waals surface area contributed by atoms with Crippen LogP contribution in [0.1, 0.15) is 26.7 Å². The fourth-order valence-electron chi connectivity index (χ4n) is 2.08. The molecule has 1 rings (SSSR count). The van der Waals surface area contributed by atoms with Crippen LogP contribution in [-0.2, 0) is 9.47 Å². The lowest BCUT2D eigenvalue weighted by molar-refractivity contribution is -0.0388. The number of nitrogens with zero attached hydrogens (tertiary/aromatic N) is 1. The zero-order chi connectivity index (χ0) is 12.0. The van der Waals surface area contributed by atoms with Crippen LogP contribution in [0.15, 0.2) is 0 Å². The Morgan fingerprint density at radius 3 is 2.81 bits per heavy atom. The molecule has 0 aliphatic carbocycles. The van der Waals surface area contributed by atoms with Gasteiger partial charge in [0.2, 0.25) is 0 Å². The first-order valence-electron chi connectivity index (χ1n) is 6.29. The van der Waals surface area contributed by atoms with E-state index in [1.54, 1.807) is 7.11 Å².